The van der Waals surface area contributed by atoms with Crippen LogP contribution >= 0.6 is 0 Å². The van der Waals surface area contributed by atoms with Crippen molar-refractivity contribution in [3.8, 4) is 0 Å². The van der Waals surface area contributed by atoms with Crippen LogP contribution in [0.15, 0.2) is 73.3 Å². The van der Waals surface area contributed by atoms with Gasteiger partial charge in [-0.1, -0.05) is 67.2 Å². The van der Waals surface area contributed by atoms with Gasteiger partial charge < -0.3 is 4.74 Å². The van der Waals surface area contributed by atoms with Gasteiger partial charge in [0.25, 0.3) is 0 Å². The van der Waals surface area contributed by atoms with Crippen LogP contribution in [0.5, 0.6) is 0 Å². The molecule has 1 aliphatic rings. The summed E-state index contributed by atoms with van der Waals surface area (Å²) in [7, 11) is 0. The van der Waals surface area contributed by atoms with Crippen LogP contribution in [-0.2, 0) is 22.4 Å². The number of rotatable bonds is 5. The van der Waals surface area contributed by atoms with E-state index in [2.05, 4.69) is 11.9 Å². The third-order valence-corrected chi connectivity index (χ3v) is 3.95. The lowest BCUT2D eigenvalue weighted by molar-refractivity contribution is -0.144. The van der Waals surface area contributed by atoms with E-state index in [9.17, 15) is 4.79 Å². The summed E-state index contributed by atoms with van der Waals surface area (Å²) in [6.07, 6.45) is 2.37. The lowest BCUT2D eigenvalue weighted by atomic mass is 9.85. The standard InChI is InChI=1S/C19H19NO2/c1-2-17-20-19(18(21)22-17,13-15-9-5-3-6-10-15)14-16-11-7-4-8-12-16/h2-12,17,20H,1,13-14H2. The van der Waals surface area contributed by atoms with E-state index < -0.39 is 11.8 Å². The Labute approximate surface area is 130 Å². The molecule has 3 nitrogen and oxygen atoms in total. The number of hydrogen-bond acceptors (Lipinski definition) is 3. The average molecular weight is 293 g/mol. The lowest BCUT2D eigenvalue weighted by Gasteiger charge is -2.26. The van der Waals surface area contributed by atoms with Gasteiger partial charge in [-0.2, -0.15) is 0 Å². The molecule has 0 bridgehead atoms. The molecule has 3 heteroatoms. The van der Waals surface area contributed by atoms with Gasteiger partial charge in [0.1, 0.15) is 5.54 Å². The second-order valence-corrected chi connectivity index (χ2v) is 5.61. The summed E-state index contributed by atoms with van der Waals surface area (Å²) in [4.78, 5) is 12.5. The van der Waals surface area contributed by atoms with Crippen LogP contribution in [0.25, 0.3) is 0 Å². The Bertz CT molecular complexity index is 610. The Morgan fingerprint density at radius 1 is 1.00 bits per heavy atom. The predicted molar refractivity (Wildman–Crippen MR) is 86.2 cm³/mol. The number of ether oxygens (including phenoxy) is 1. The smallest absolute Gasteiger partial charge is 0.328 e. The molecule has 0 amide bonds. The second-order valence-electron chi connectivity index (χ2n) is 5.61. The first-order chi connectivity index (χ1) is 10.7. The van der Waals surface area contributed by atoms with E-state index in [0.717, 1.165) is 11.1 Å². The molecule has 1 atom stereocenters. The number of carbonyl (C=O) groups is 1. The van der Waals surface area contributed by atoms with Gasteiger partial charge in [0, 0.05) is 12.8 Å². The van der Waals surface area contributed by atoms with E-state index in [4.69, 9.17) is 4.74 Å². The monoisotopic (exact) mass is 293 g/mol. The number of nitrogens with one attached hydrogen (secondary N) is 1. The molecule has 22 heavy (non-hydrogen) atoms. The van der Waals surface area contributed by atoms with Crippen molar-refractivity contribution in [2.45, 2.75) is 24.6 Å². The molecule has 3 rings (SSSR count). The lowest BCUT2D eigenvalue weighted by Crippen LogP contribution is -2.51. The largest absolute Gasteiger partial charge is 0.441 e. The van der Waals surface area contributed by atoms with Gasteiger partial charge in [-0.15, -0.1) is 0 Å². The number of esters is 1. The first-order valence-electron chi connectivity index (χ1n) is 7.41. The fraction of sp³-hybridized carbons (Fsp3) is 0.211. The van der Waals surface area contributed by atoms with Crippen LogP contribution < -0.4 is 5.32 Å². The maximum absolute atomic E-state index is 12.5. The summed E-state index contributed by atoms with van der Waals surface area (Å²) in [6, 6.07) is 20.0. The quantitative estimate of drug-likeness (QED) is 0.680. The molecule has 1 heterocycles. The maximum Gasteiger partial charge on any atom is 0.328 e. The number of benzene rings is 2. The Hall–Kier alpha value is -2.39. The van der Waals surface area contributed by atoms with Crippen molar-refractivity contribution < 1.29 is 9.53 Å². The number of carbonyl (C=O) groups excluding carboxylic acids is 1. The summed E-state index contributed by atoms with van der Waals surface area (Å²) in [5, 5.41) is 3.31. The second kappa shape index (κ2) is 6.16. The summed E-state index contributed by atoms with van der Waals surface area (Å²) in [6.45, 7) is 3.72. The minimum Gasteiger partial charge on any atom is -0.441 e. The summed E-state index contributed by atoms with van der Waals surface area (Å²) < 4.78 is 5.40. The number of cyclic esters (lactones) is 1. The molecule has 0 spiro atoms. The molecular weight excluding hydrogens is 274 g/mol. The third-order valence-electron chi connectivity index (χ3n) is 3.95. The first kappa shape index (κ1) is 14.5. The zero-order valence-electron chi connectivity index (χ0n) is 12.4. The maximum atomic E-state index is 12.5. The molecule has 1 saturated heterocycles. The SMILES string of the molecule is C=CC1NC(Cc2ccccc2)(Cc2ccccc2)C(=O)O1. The van der Waals surface area contributed by atoms with E-state index in [0.29, 0.717) is 12.8 Å². The van der Waals surface area contributed by atoms with Gasteiger partial charge >= 0.3 is 5.97 Å². The summed E-state index contributed by atoms with van der Waals surface area (Å²) >= 11 is 0. The molecule has 0 aromatic heterocycles. The van der Waals surface area contributed by atoms with E-state index >= 15 is 0 Å². The Kier molecular flexibility index (Phi) is 4.07. The highest BCUT2D eigenvalue weighted by Crippen LogP contribution is 2.27. The normalized spacial score (nSPS) is 19.6. The van der Waals surface area contributed by atoms with E-state index in [1.165, 1.54) is 0 Å². The molecule has 1 N–H and O–H groups in total. The van der Waals surface area contributed by atoms with Crippen molar-refractivity contribution in [1.29, 1.82) is 0 Å². The van der Waals surface area contributed by atoms with Crippen molar-refractivity contribution in [3.05, 3.63) is 84.4 Å². The fourth-order valence-electron chi connectivity index (χ4n) is 2.89. The molecule has 2 aromatic carbocycles. The van der Waals surface area contributed by atoms with Crippen molar-refractivity contribution >= 4 is 5.97 Å². The van der Waals surface area contributed by atoms with Crippen LogP contribution in [0.2, 0.25) is 0 Å². The van der Waals surface area contributed by atoms with Crippen molar-refractivity contribution in [2.75, 3.05) is 0 Å². The molecule has 0 saturated carbocycles. The van der Waals surface area contributed by atoms with Crippen LogP contribution in [0.1, 0.15) is 11.1 Å². The zero-order chi connectivity index (χ0) is 15.4. The van der Waals surface area contributed by atoms with Crippen molar-refractivity contribution in [2.24, 2.45) is 0 Å². The highest BCUT2D eigenvalue weighted by atomic mass is 16.6. The molecule has 1 aliphatic heterocycles. The summed E-state index contributed by atoms with van der Waals surface area (Å²) in [5.41, 5.74) is 1.46. The number of hydrogen-bond donors (Lipinski definition) is 1. The topological polar surface area (TPSA) is 38.3 Å². The van der Waals surface area contributed by atoms with Crippen LogP contribution in [0, 0.1) is 0 Å². The van der Waals surface area contributed by atoms with Crippen molar-refractivity contribution in [3.63, 3.8) is 0 Å². The molecule has 2 aromatic rings. The third kappa shape index (κ3) is 2.95. The van der Waals surface area contributed by atoms with Crippen molar-refractivity contribution in [1.82, 2.24) is 5.32 Å². The predicted octanol–water partition coefficient (Wildman–Crippen LogP) is 2.87. The van der Waals surface area contributed by atoms with Gasteiger partial charge in [0.05, 0.1) is 0 Å². The van der Waals surface area contributed by atoms with Crippen LogP contribution in [0.4, 0.5) is 0 Å². The molecule has 1 fully saturated rings. The zero-order valence-corrected chi connectivity index (χ0v) is 12.4. The average Bonchev–Trinajstić information content (AvgIpc) is 2.85. The Morgan fingerprint density at radius 3 is 1.91 bits per heavy atom. The molecule has 1 unspecified atom stereocenters. The Balaban J connectivity index is 1.92. The van der Waals surface area contributed by atoms with E-state index in [1.54, 1.807) is 6.08 Å². The minimum absolute atomic E-state index is 0.217. The highest BCUT2D eigenvalue weighted by molar-refractivity contribution is 5.84. The van der Waals surface area contributed by atoms with Gasteiger partial charge in [-0.05, 0) is 17.2 Å². The van der Waals surface area contributed by atoms with Gasteiger partial charge in [-0.3, -0.25) is 5.32 Å². The molecular formula is C19H19NO2. The minimum atomic E-state index is -0.748. The van der Waals surface area contributed by atoms with E-state index in [1.807, 2.05) is 60.7 Å². The highest BCUT2D eigenvalue weighted by Gasteiger charge is 2.47. The fourth-order valence-corrected chi connectivity index (χ4v) is 2.89. The Morgan fingerprint density at radius 2 is 1.50 bits per heavy atom. The molecule has 0 aliphatic carbocycles. The molecule has 112 valence electrons. The van der Waals surface area contributed by atoms with Crippen LogP contribution in [0.3, 0.4) is 0 Å². The van der Waals surface area contributed by atoms with Gasteiger partial charge in [0.2, 0.25) is 0 Å². The van der Waals surface area contributed by atoms with E-state index in [-0.39, 0.29) is 5.97 Å². The molecule has 0 radical (unpaired) electrons. The summed E-state index contributed by atoms with van der Waals surface area (Å²) in [5.74, 6) is -0.217. The first-order valence-corrected chi connectivity index (χ1v) is 7.41. The van der Waals surface area contributed by atoms with Crippen LogP contribution in [-0.4, -0.2) is 17.7 Å². The van der Waals surface area contributed by atoms with Gasteiger partial charge in [0.15, 0.2) is 6.23 Å². The van der Waals surface area contributed by atoms with Gasteiger partial charge in [-0.25, -0.2) is 4.79 Å².